The van der Waals surface area contributed by atoms with E-state index < -0.39 is 11.4 Å². The predicted octanol–water partition coefficient (Wildman–Crippen LogP) is 2.80. The minimum absolute atomic E-state index is 0.241. The van der Waals surface area contributed by atoms with Gasteiger partial charge in [0.25, 0.3) is 0 Å². The zero-order chi connectivity index (χ0) is 12.2. The van der Waals surface area contributed by atoms with Crippen molar-refractivity contribution < 1.29 is 14.3 Å². The van der Waals surface area contributed by atoms with Crippen molar-refractivity contribution in [3.8, 4) is 0 Å². The molecule has 1 saturated carbocycles. The van der Waals surface area contributed by atoms with Crippen molar-refractivity contribution >= 4 is 5.97 Å². The molecule has 1 saturated heterocycles. The summed E-state index contributed by atoms with van der Waals surface area (Å²) in [5, 5.41) is 0. The van der Waals surface area contributed by atoms with Crippen LogP contribution in [0.4, 0.5) is 0 Å². The van der Waals surface area contributed by atoms with Crippen LogP contribution in [0.5, 0.6) is 0 Å². The fraction of sp³-hybridized carbons (Fsp3) is 0.769. The van der Waals surface area contributed by atoms with Gasteiger partial charge >= 0.3 is 5.97 Å². The number of ether oxygens (including phenoxy) is 2. The average Bonchev–Trinajstić information content (AvgIpc) is 2.58. The molecule has 0 N–H and O–H groups in total. The Kier molecular flexibility index (Phi) is 2.26. The maximum absolute atomic E-state index is 12.1. The number of hydrogen-bond donors (Lipinski definition) is 0. The minimum atomic E-state index is -0.859. The third kappa shape index (κ3) is 1.34. The van der Waals surface area contributed by atoms with Crippen LogP contribution >= 0.6 is 0 Å². The Balaban J connectivity index is 2.36. The molecule has 1 spiro atoms. The Hall–Kier alpha value is -0.830. The number of carbonyl (C=O) groups excluding carboxylic acids is 1. The topological polar surface area (TPSA) is 35.5 Å². The molecule has 2 rings (SSSR count). The lowest BCUT2D eigenvalue weighted by Crippen LogP contribution is -2.43. The first-order chi connectivity index (χ1) is 7.21. The van der Waals surface area contributed by atoms with Crippen LogP contribution in [0.2, 0.25) is 0 Å². The second kappa shape index (κ2) is 3.10. The number of hydrogen-bond acceptors (Lipinski definition) is 3. The van der Waals surface area contributed by atoms with Crippen molar-refractivity contribution in [2.45, 2.75) is 58.3 Å². The third-order valence-electron chi connectivity index (χ3n) is 3.93. The molecule has 0 unspecified atom stereocenters. The molecule has 3 heteroatoms. The highest BCUT2D eigenvalue weighted by Crippen LogP contribution is 2.51. The summed E-state index contributed by atoms with van der Waals surface area (Å²) in [5.74, 6) is -1.11. The van der Waals surface area contributed by atoms with E-state index >= 15 is 0 Å². The summed E-state index contributed by atoms with van der Waals surface area (Å²) in [6, 6.07) is 0. The van der Waals surface area contributed by atoms with E-state index in [1.165, 1.54) is 0 Å². The summed E-state index contributed by atoms with van der Waals surface area (Å²) in [6.45, 7) is 11.8. The average molecular weight is 224 g/mol. The van der Waals surface area contributed by atoms with Gasteiger partial charge in [-0.1, -0.05) is 27.4 Å². The molecule has 2 fully saturated rings. The second-order valence-electron chi connectivity index (χ2n) is 5.97. The highest BCUT2D eigenvalue weighted by Gasteiger charge is 2.62. The Morgan fingerprint density at radius 1 is 1.38 bits per heavy atom. The van der Waals surface area contributed by atoms with E-state index in [0.717, 1.165) is 18.4 Å². The van der Waals surface area contributed by atoms with Crippen LogP contribution in [0, 0.1) is 5.41 Å². The van der Waals surface area contributed by atoms with E-state index in [4.69, 9.17) is 9.47 Å². The zero-order valence-corrected chi connectivity index (χ0v) is 10.6. The lowest BCUT2D eigenvalue weighted by atomic mass is 9.86. The number of carbonyl (C=O) groups is 1. The molecular formula is C13H20O3. The molecule has 1 aliphatic carbocycles. The van der Waals surface area contributed by atoms with Gasteiger partial charge in [-0.25, -0.2) is 4.79 Å². The van der Waals surface area contributed by atoms with E-state index in [2.05, 4.69) is 6.58 Å². The van der Waals surface area contributed by atoms with Crippen LogP contribution in [0.15, 0.2) is 12.2 Å². The van der Waals surface area contributed by atoms with E-state index in [9.17, 15) is 4.79 Å². The molecule has 16 heavy (non-hydrogen) atoms. The van der Waals surface area contributed by atoms with Crippen LogP contribution < -0.4 is 0 Å². The van der Waals surface area contributed by atoms with E-state index in [-0.39, 0.29) is 11.4 Å². The molecule has 0 amide bonds. The summed E-state index contributed by atoms with van der Waals surface area (Å²) >= 11 is 0. The van der Waals surface area contributed by atoms with Crippen LogP contribution in [0.1, 0.15) is 47.0 Å². The van der Waals surface area contributed by atoms with Crippen molar-refractivity contribution in [3.63, 3.8) is 0 Å². The summed E-state index contributed by atoms with van der Waals surface area (Å²) < 4.78 is 11.5. The zero-order valence-electron chi connectivity index (χ0n) is 10.6. The normalized spacial score (nSPS) is 39.5. The minimum Gasteiger partial charge on any atom is -0.430 e. The molecule has 0 aromatic heterocycles. The maximum atomic E-state index is 12.1. The first-order valence-electron chi connectivity index (χ1n) is 5.83. The van der Waals surface area contributed by atoms with Crippen molar-refractivity contribution in [1.29, 1.82) is 0 Å². The maximum Gasteiger partial charge on any atom is 0.345 e. The van der Waals surface area contributed by atoms with Crippen LogP contribution in [0.25, 0.3) is 0 Å². The van der Waals surface area contributed by atoms with E-state index in [0.29, 0.717) is 6.42 Å². The highest BCUT2D eigenvalue weighted by atomic mass is 16.8. The lowest BCUT2D eigenvalue weighted by molar-refractivity contribution is -0.226. The monoisotopic (exact) mass is 224 g/mol. The second-order valence-corrected chi connectivity index (χ2v) is 5.97. The van der Waals surface area contributed by atoms with Crippen molar-refractivity contribution in [2.24, 2.45) is 5.41 Å². The summed E-state index contributed by atoms with van der Waals surface area (Å²) in [4.78, 5) is 12.1. The lowest BCUT2D eigenvalue weighted by Gasteiger charge is -2.36. The van der Waals surface area contributed by atoms with Crippen LogP contribution in [-0.4, -0.2) is 17.4 Å². The van der Waals surface area contributed by atoms with Crippen molar-refractivity contribution in [3.05, 3.63) is 12.2 Å². The molecule has 2 aliphatic rings. The van der Waals surface area contributed by atoms with Gasteiger partial charge in [0.15, 0.2) is 5.60 Å². The number of esters is 1. The van der Waals surface area contributed by atoms with Crippen molar-refractivity contribution in [1.82, 2.24) is 0 Å². The summed E-state index contributed by atoms with van der Waals surface area (Å²) in [7, 11) is 0. The molecule has 3 nitrogen and oxygen atoms in total. The molecule has 0 aromatic rings. The van der Waals surface area contributed by atoms with Gasteiger partial charge in [-0.3, -0.25) is 0 Å². The highest BCUT2D eigenvalue weighted by molar-refractivity contribution is 5.86. The van der Waals surface area contributed by atoms with Gasteiger partial charge in [-0.2, -0.15) is 0 Å². The largest absolute Gasteiger partial charge is 0.430 e. The fourth-order valence-electron chi connectivity index (χ4n) is 2.26. The molecular weight excluding hydrogens is 204 g/mol. The van der Waals surface area contributed by atoms with Gasteiger partial charge in [0.05, 0.1) is 0 Å². The Bertz CT molecular complexity index is 353. The first kappa shape index (κ1) is 11.6. The molecule has 0 bridgehead atoms. The molecule has 0 radical (unpaired) electrons. The van der Waals surface area contributed by atoms with Gasteiger partial charge in [0.2, 0.25) is 5.79 Å². The molecule has 90 valence electrons. The Morgan fingerprint density at radius 2 is 2.00 bits per heavy atom. The first-order valence-corrected chi connectivity index (χ1v) is 5.83. The molecule has 0 aromatic carbocycles. The van der Waals surface area contributed by atoms with Gasteiger partial charge in [-0.05, 0) is 24.8 Å². The van der Waals surface area contributed by atoms with Gasteiger partial charge < -0.3 is 9.47 Å². The quantitative estimate of drug-likeness (QED) is 0.469. The van der Waals surface area contributed by atoms with E-state index in [1.807, 2.05) is 27.7 Å². The van der Waals surface area contributed by atoms with Crippen LogP contribution in [0.3, 0.4) is 0 Å². The molecule has 1 heterocycles. The number of cyclic esters (lactones) is 1. The molecule has 2 atom stereocenters. The van der Waals surface area contributed by atoms with E-state index in [1.54, 1.807) is 0 Å². The number of rotatable bonds is 0. The third-order valence-corrected chi connectivity index (χ3v) is 3.93. The van der Waals surface area contributed by atoms with Crippen LogP contribution in [-0.2, 0) is 14.3 Å². The predicted molar refractivity (Wildman–Crippen MR) is 60.8 cm³/mol. The SMILES string of the molecule is C=C1CCC[C@@]12O[C@](C)(C(C)(C)C)OC2=O. The van der Waals surface area contributed by atoms with Gasteiger partial charge in [0, 0.05) is 12.3 Å². The van der Waals surface area contributed by atoms with Crippen molar-refractivity contribution in [2.75, 3.05) is 0 Å². The summed E-state index contributed by atoms with van der Waals surface area (Å²) in [5.41, 5.74) is -0.234. The smallest absolute Gasteiger partial charge is 0.345 e. The van der Waals surface area contributed by atoms with Gasteiger partial charge in [-0.15, -0.1) is 0 Å². The fourth-order valence-corrected chi connectivity index (χ4v) is 2.26. The molecule has 1 aliphatic heterocycles. The standard InChI is InChI=1S/C13H20O3/c1-9-7-6-8-13(9)10(14)15-12(5,16-13)11(2,3)4/h1,6-8H2,2-5H3/t12-,13-/m1/s1. The Morgan fingerprint density at radius 3 is 2.38 bits per heavy atom. The summed E-state index contributed by atoms with van der Waals surface area (Å²) in [6.07, 6.45) is 2.51. The Labute approximate surface area is 96.8 Å². The van der Waals surface area contributed by atoms with Gasteiger partial charge in [0.1, 0.15) is 0 Å².